The Morgan fingerprint density at radius 2 is 1.76 bits per heavy atom. The lowest BCUT2D eigenvalue weighted by Gasteiger charge is -2.09. The van der Waals surface area contributed by atoms with E-state index in [1.807, 2.05) is 4.72 Å². The van der Waals surface area contributed by atoms with Gasteiger partial charge in [-0.05, 0) is 55.0 Å². The number of nitrogens with one attached hydrogen (secondary N) is 1. The van der Waals surface area contributed by atoms with Gasteiger partial charge < -0.3 is 0 Å². The zero-order valence-electron chi connectivity index (χ0n) is 10.9. The van der Waals surface area contributed by atoms with Crippen molar-refractivity contribution in [2.75, 3.05) is 0 Å². The van der Waals surface area contributed by atoms with Crippen molar-refractivity contribution in [1.82, 2.24) is 4.72 Å². The van der Waals surface area contributed by atoms with Gasteiger partial charge >= 0.3 is 0 Å². The summed E-state index contributed by atoms with van der Waals surface area (Å²) in [4.78, 5) is 12.1. The van der Waals surface area contributed by atoms with E-state index in [1.165, 1.54) is 24.3 Å². The minimum atomic E-state index is -3.90. The van der Waals surface area contributed by atoms with Crippen LogP contribution in [-0.4, -0.2) is 14.3 Å². The van der Waals surface area contributed by atoms with E-state index >= 15 is 0 Å². The molecule has 1 amide bonds. The lowest BCUT2D eigenvalue weighted by Crippen LogP contribution is -2.31. The first kappa shape index (κ1) is 16.0. The van der Waals surface area contributed by atoms with E-state index < -0.39 is 15.9 Å². The molecule has 0 atom stereocenters. The number of hydrogen-bond donors (Lipinski definition) is 1. The van der Waals surface area contributed by atoms with E-state index in [2.05, 4.69) is 15.9 Å². The highest BCUT2D eigenvalue weighted by Gasteiger charge is 2.19. The summed E-state index contributed by atoms with van der Waals surface area (Å²) >= 11 is 9.03. The molecule has 0 saturated heterocycles. The molecule has 2 aromatic carbocycles. The second-order valence-electron chi connectivity index (χ2n) is 4.35. The third-order valence-electron chi connectivity index (χ3n) is 2.78. The minimum absolute atomic E-state index is 0.0191. The molecule has 4 nitrogen and oxygen atoms in total. The fourth-order valence-electron chi connectivity index (χ4n) is 1.73. The van der Waals surface area contributed by atoms with Gasteiger partial charge in [-0.3, -0.25) is 4.79 Å². The highest BCUT2D eigenvalue weighted by Crippen LogP contribution is 2.17. The molecule has 0 fully saturated rings. The van der Waals surface area contributed by atoms with E-state index in [9.17, 15) is 13.2 Å². The average Bonchev–Trinajstić information content (AvgIpc) is 2.38. The van der Waals surface area contributed by atoms with E-state index in [0.29, 0.717) is 10.6 Å². The second kappa shape index (κ2) is 6.17. The Hall–Kier alpha value is -1.37. The van der Waals surface area contributed by atoms with Crippen LogP contribution in [0.4, 0.5) is 0 Å². The predicted molar refractivity (Wildman–Crippen MR) is 85.0 cm³/mol. The highest BCUT2D eigenvalue weighted by molar-refractivity contribution is 9.10. The predicted octanol–water partition coefficient (Wildman–Crippen LogP) is 3.53. The largest absolute Gasteiger partial charge is 0.268 e. The lowest BCUT2D eigenvalue weighted by molar-refractivity contribution is 0.0981. The van der Waals surface area contributed by atoms with Gasteiger partial charge in [-0.2, -0.15) is 0 Å². The maximum Gasteiger partial charge on any atom is 0.265 e. The van der Waals surface area contributed by atoms with Gasteiger partial charge in [-0.25, -0.2) is 13.1 Å². The molecule has 7 heteroatoms. The standard InChI is InChI=1S/C14H11BrClNO3S/c1-9-8-11(16)4-7-13(9)14(18)17-21(19,20)12-5-2-10(15)3-6-12/h2-8H,1H3,(H,17,18). The quantitative estimate of drug-likeness (QED) is 0.875. The molecule has 2 rings (SSSR count). The molecule has 110 valence electrons. The third-order valence-corrected chi connectivity index (χ3v) is 4.89. The van der Waals surface area contributed by atoms with Crippen LogP contribution in [0.3, 0.4) is 0 Å². The van der Waals surface area contributed by atoms with E-state index in [1.54, 1.807) is 25.1 Å². The molecule has 0 unspecified atom stereocenters. The lowest BCUT2D eigenvalue weighted by atomic mass is 10.1. The number of benzene rings is 2. The van der Waals surface area contributed by atoms with Crippen molar-refractivity contribution in [3.8, 4) is 0 Å². The summed E-state index contributed by atoms with van der Waals surface area (Å²) in [5.41, 5.74) is 0.867. The molecule has 21 heavy (non-hydrogen) atoms. The van der Waals surface area contributed by atoms with Crippen molar-refractivity contribution >= 4 is 43.5 Å². The van der Waals surface area contributed by atoms with Crippen molar-refractivity contribution < 1.29 is 13.2 Å². The van der Waals surface area contributed by atoms with Gasteiger partial charge in [0, 0.05) is 15.1 Å². The van der Waals surface area contributed by atoms with E-state index in [-0.39, 0.29) is 10.5 Å². The molecule has 0 saturated carbocycles. The fourth-order valence-corrected chi connectivity index (χ4v) is 3.19. The van der Waals surface area contributed by atoms with Crippen molar-refractivity contribution in [1.29, 1.82) is 0 Å². The van der Waals surface area contributed by atoms with Crippen LogP contribution in [0.1, 0.15) is 15.9 Å². The number of carbonyl (C=O) groups is 1. The van der Waals surface area contributed by atoms with Crippen molar-refractivity contribution in [3.05, 3.63) is 63.1 Å². The Morgan fingerprint density at radius 3 is 2.33 bits per heavy atom. The van der Waals surface area contributed by atoms with Crippen LogP contribution in [0.5, 0.6) is 0 Å². The number of hydrogen-bond acceptors (Lipinski definition) is 3. The maximum absolute atomic E-state index is 12.1. The van der Waals surface area contributed by atoms with Crippen molar-refractivity contribution in [2.45, 2.75) is 11.8 Å². The van der Waals surface area contributed by atoms with Gasteiger partial charge in [0.15, 0.2) is 0 Å². The van der Waals surface area contributed by atoms with Gasteiger partial charge in [0.05, 0.1) is 4.90 Å². The summed E-state index contributed by atoms with van der Waals surface area (Å²) in [5.74, 6) is -0.688. The van der Waals surface area contributed by atoms with Crippen molar-refractivity contribution in [3.63, 3.8) is 0 Å². The first-order valence-electron chi connectivity index (χ1n) is 5.88. The number of halogens is 2. The van der Waals surface area contributed by atoms with E-state index in [0.717, 1.165) is 4.47 Å². The zero-order chi connectivity index (χ0) is 15.6. The molecule has 0 radical (unpaired) electrons. The highest BCUT2D eigenvalue weighted by atomic mass is 79.9. The number of rotatable bonds is 3. The molecule has 0 aliphatic rings. The van der Waals surface area contributed by atoms with Gasteiger partial charge in [0.2, 0.25) is 0 Å². The normalized spacial score (nSPS) is 11.2. The Balaban J connectivity index is 2.28. The monoisotopic (exact) mass is 387 g/mol. The summed E-state index contributed by atoms with van der Waals surface area (Å²) in [5, 5.41) is 0.486. The van der Waals surface area contributed by atoms with Crippen molar-refractivity contribution in [2.24, 2.45) is 0 Å². The molecule has 0 bridgehead atoms. The number of carbonyl (C=O) groups excluding carboxylic acids is 1. The molecular weight excluding hydrogens is 378 g/mol. The molecule has 0 spiro atoms. The SMILES string of the molecule is Cc1cc(Cl)ccc1C(=O)NS(=O)(=O)c1ccc(Br)cc1. The number of aryl methyl sites for hydroxylation is 1. The average molecular weight is 389 g/mol. The van der Waals surface area contributed by atoms with Gasteiger partial charge in [0.25, 0.3) is 15.9 Å². The molecule has 0 aliphatic carbocycles. The Morgan fingerprint density at radius 1 is 1.14 bits per heavy atom. The van der Waals surface area contributed by atoms with Crippen LogP contribution in [-0.2, 0) is 10.0 Å². The first-order chi connectivity index (χ1) is 9.79. The summed E-state index contributed by atoms with van der Waals surface area (Å²) < 4.78 is 27.1. The van der Waals surface area contributed by atoms with Gasteiger partial charge in [-0.15, -0.1) is 0 Å². The number of sulfonamides is 1. The summed E-state index contributed by atoms with van der Waals surface area (Å²) in [6.07, 6.45) is 0. The zero-order valence-corrected chi connectivity index (χ0v) is 14.1. The van der Waals surface area contributed by atoms with Gasteiger partial charge in [0.1, 0.15) is 0 Å². The molecule has 1 N–H and O–H groups in total. The van der Waals surface area contributed by atoms with Crippen LogP contribution >= 0.6 is 27.5 Å². The minimum Gasteiger partial charge on any atom is -0.268 e. The molecule has 0 heterocycles. The van der Waals surface area contributed by atoms with Crippen LogP contribution in [0.25, 0.3) is 0 Å². The van der Waals surface area contributed by atoms with Crippen LogP contribution in [0, 0.1) is 6.92 Å². The van der Waals surface area contributed by atoms with Crippen LogP contribution in [0.15, 0.2) is 51.8 Å². The summed E-state index contributed by atoms with van der Waals surface area (Å²) in [6.45, 7) is 1.69. The molecule has 2 aromatic rings. The van der Waals surface area contributed by atoms with Gasteiger partial charge in [-0.1, -0.05) is 27.5 Å². The molecular formula is C14H11BrClNO3S. The Bertz CT molecular complexity index is 788. The Kier molecular flexibility index (Phi) is 4.70. The Labute approximate surface area is 136 Å². The first-order valence-corrected chi connectivity index (χ1v) is 8.54. The number of amides is 1. The third kappa shape index (κ3) is 3.84. The smallest absolute Gasteiger partial charge is 0.265 e. The van der Waals surface area contributed by atoms with Crippen LogP contribution < -0.4 is 4.72 Å². The molecule has 0 aliphatic heterocycles. The fraction of sp³-hybridized carbons (Fsp3) is 0.0714. The summed E-state index contributed by atoms with van der Waals surface area (Å²) in [6, 6.07) is 10.6. The maximum atomic E-state index is 12.1. The van der Waals surface area contributed by atoms with E-state index in [4.69, 9.17) is 11.6 Å². The second-order valence-corrected chi connectivity index (χ2v) is 7.38. The summed E-state index contributed by atoms with van der Waals surface area (Å²) in [7, 11) is -3.90. The topological polar surface area (TPSA) is 63.2 Å². The molecule has 0 aromatic heterocycles. The van der Waals surface area contributed by atoms with Crippen LogP contribution in [0.2, 0.25) is 5.02 Å².